The third-order valence-corrected chi connectivity index (χ3v) is 7.98. The number of aromatic nitrogens is 1. The topological polar surface area (TPSA) is 70.6 Å². The van der Waals surface area contributed by atoms with Crippen molar-refractivity contribution in [1.82, 2.24) is 9.29 Å². The molecule has 3 aromatic rings. The molecule has 0 N–H and O–H groups in total. The molecule has 0 bridgehead atoms. The Labute approximate surface area is 187 Å². The number of benzene rings is 2. The molecule has 2 aromatic carbocycles. The number of piperidine rings is 1. The molecule has 0 radical (unpaired) electrons. The molecule has 4 rings (SSSR count). The van der Waals surface area contributed by atoms with Crippen LogP contribution in [-0.4, -0.2) is 42.5 Å². The van der Waals surface area contributed by atoms with Gasteiger partial charge in [-0.25, -0.2) is 13.4 Å². The van der Waals surface area contributed by atoms with Crippen LogP contribution < -0.4 is 4.90 Å². The molecular formula is C23H27N3O3S2. The standard InChI is InChI=1S/C23H27N3O3S2/c1-16-13-17(2)21-20(14-16)30-23(24-21)25(15-18-9-5-4-6-10-18)22(27)19-11-7-8-12-26(19)31(3,28)29/h4-6,9-10,13-14,19H,7-8,11-12,15H2,1-3H3. The van der Waals surface area contributed by atoms with E-state index in [9.17, 15) is 13.2 Å². The van der Waals surface area contributed by atoms with Crippen molar-refractivity contribution in [3.8, 4) is 0 Å². The zero-order valence-corrected chi connectivity index (χ0v) is 19.7. The summed E-state index contributed by atoms with van der Waals surface area (Å²) in [6.07, 6.45) is 3.32. The SMILES string of the molecule is Cc1cc(C)c2nc(N(Cc3ccccc3)C(=O)C3CCCCN3S(C)(=O)=O)sc2c1. The van der Waals surface area contributed by atoms with Crippen LogP contribution in [0.1, 0.15) is 36.0 Å². The largest absolute Gasteiger partial charge is 0.282 e. The Morgan fingerprint density at radius 2 is 1.94 bits per heavy atom. The maximum absolute atomic E-state index is 13.8. The number of fused-ring (bicyclic) bond motifs is 1. The van der Waals surface area contributed by atoms with Crippen LogP contribution in [0.15, 0.2) is 42.5 Å². The highest BCUT2D eigenvalue weighted by Crippen LogP contribution is 2.34. The number of sulfonamides is 1. The number of thiazole rings is 1. The van der Waals surface area contributed by atoms with E-state index in [0.29, 0.717) is 24.6 Å². The second-order valence-electron chi connectivity index (χ2n) is 8.22. The maximum Gasteiger partial charge on any atom is 0.247 e. The second kappa shape index (κ2) is 8.68. The van der Waals surface area contributed by atoms with Gasteiger partial charge in [0.15, 0.2) is 5.13 Å². The number of nitrogens with zero attached hydrogens (tertiary/aromatic N) is 3. The van der Waals surface area contributed by atoms with Crippen LogP contribution in [0, 0.1) is 13.8 Å². The number of amides is 1. The van der Waals surface area contributed by atoms with Crippen molar-refractivity contribution in [3.63, 3.8) is 0 Å². The lowest BCUT2D eigenvalue weighted by Crippen LogP contribution is -2.52. The first kappa shape index (κ1) is 21.9. The van der Waals surface area contributed by atoms with Crippen molar-refractivity contribution < 1.29 is 13.2 Å². The maximum atomic E-state index is 13.8. The molecule has 1 aromatic heterocycles. The van der Waals surface area contributed by atoms with Gasteiger partial charge in [-0.3, -0.25) is 9.69 Å². The molecule has 1 aliphatic heterocycles. The van der Waals surface area contributed by atoms with E-state index in [0.717, 1.165) is 39.7 Å². The molecule has 6 nitrogen and oxygen atoms in total. The second-order valence-corrected chi connectivity index (χ2v) is 11.2. The highest BCUT2D eigenvalue weighted by Gasteiger charge is 2.38. The summed E-state index contributed by atoms with van der Waals surface area (Å²) in [6.45, 7) is 4.80. The van der Waals surface area contributed by atoms with Gasteiger partial charge < -0.3 is 0 Å². The molecule has 31 heavy (non-hydrogen) atoms. The van der Waals surface area contributed by atoms with E-state index in [4.69, 9.17) is 4.98 Å². The number of hydrogen-bond acceptors (Lipinski definition) is 5. The lowest BCUT2D eigenvalue weighted by atomic mass is 10.0. The first-order valence-corrected chi connectivity index (χ1v) is 13.1. The predicted molar refractivity (Wildman–Crippen MR) is 126 cm³/mol. The van der Waals surface area contributed by atoms with Crippen molar-refractivity contribution in [2.45, 2.75) is 45.7 Å². The minimum absolute atomic E-state index is 0.206. The molecular weight excluding hydrogens is 430 g/mol. The fraction of sp³-hybridized carbons (Fsp3) is 0.391. The zero-order valence-electron chi connectivity index (χ0n) is 18.0. The molecule has 2 heterocycles. The van der Waals surface area contributed by atoms with Gasteiger partial charge in [-0.15, -0.1) is 0 Å². The van der Waals surface area contributed by atoms with Gasteiger partial charge in [-0.1, -0.05) is 54.2 Å². The van der Waals surface area contributed by atoms with Crippen LogP contribution in [0.5, 0.6) is 0 Å². The van der Waals surface area contributed by atoms with Crippen molar-refractivity contribution in [1.29, 1.82) is 0 Å². The molecule has 1 aliphatic rings. The smallest absolute Gasteiger partial charge is 0.247 e. The Kier molecular flexibility index (Phi) is 6.14. The Bertz CT molecular complexity index is 1210. The van der Waals surface area contributed by atoms with Crippen LogP contribution >= 0.6 is 11.3 Å². The summed E-state index contributed by atoms with van der Waals surface area (Å²) in [6, 6.07) is 13.2. The highest BCUT2D eigenvalue weighted by molar-refractivity contribution is 7.88. The quantitative estimate of drug-likeness (QED) is 0.574. The lowest BCUT2D eigenvalue weighted by molar-refractivity contribution is -0.123. The van der Waals surface area contributed by atoms with Crippen LogP contribution in [0.3, 0.4) is 0 Å². The fourth-order valence-electron chi connectivity index (χ4n) is 4.21. The number of carbonyl (C=O) groups is 1. The van der Waals surface area contributed by atoms with Gasteiger partial charge in [0.25, 0.3) is 0 Å². The molecule has 1 unspecified atom stereocenters. The monoisotopic (exact) mass is 457 g/mol. The summed E-state index contributed by atoms with van der Waals surface area (Å²) in [4.78, 5) is 20.3. The number of rotatable bonds is 5. The van der Waals surface area contributed by atoms with E-state index in [1.165, 1.54) is 21.9 Å². The van der Waals surface area contributed by atoms with E-state index in [1.54, 1.807) is 4.90 Å². The lowest BCUT2D eigenvalue weighted by Gasteiger charge is -2.35. The molecule has 8 heteroatoms. The Morgan fingerprint density at radius 1 is 1.19 bits per heavy atom. The van der Waals surface area contributed by atoms with Crippen LogP contribution in [-0.2, 0) is 21.4 Å². The van der Waals surface area contributed by atoms with E-state index in [-0.39, 0.29) is 5.91 Å². The minimum Gasteiger partial charge on any atom is -0.282 e. The van der Waals surface area contributed by atoms with Crippen LogP contribution in [0.2, 0.25) is 0 Å². The average molecular weight is 458 g/mol. The summed E-state index contributed by atoms with van der Waals surface area (Å²) in [5, 5.41) is 0.608. The summed E-state index contributed by atoms with van der Waals surface area (Å²) < 4.78 is 27.2. The highest BCUT2D eigenvalue weighted by atomic mass is 32.2. The Balaban J connectivity index is 1.77. The van der Waals surface area contributed by atoms with Gasteiger partial charge in [0.1, 0.15) is 6.04 Å². The summed E-state index contributed by atoms with van der Waals surface area (Å²) >= 11 is 1.48. The number of carbonyl (C=O) groups excluding carboxylic acids is 1. The van der Waals surface area contributed by atoms with E-state index in [2.05, 4.69) is 12.1 Å². The van der Waals surface area contributed by atoms with Gasteiger partial charge in [-0.2, -0.15) is 4.31 Å². The van der Waals surface area contributed by atoms with Gasteiger partial charge in [0, 0.05) is 6.54 Å². The third kappa shape index (κ3) is 4.66. The summed E-state index contributed by atoms with van der Waals surface area (Å²) in [5.74, 6) is -0.206. The molecule has 1 atom stereocenters. The van der Waals surface area contributed by atoms with Crippen LogP contribution in [0.4, 0.5) is 5.13 Å². The summed E-state index contributed by atoms with van der Waals surface area (Å²) in [7, 11) is -3.48. The number of hydrogen-bond donors (Lipinski definition) is 0. The van der Waals surface area contributed by atoms with Gasteiger partial charge in [-0.05, 0) is 49.4 Å². The van der Waals surface area contributed by atoms with E-state index >= 15 is 0 Å². The molecule has 1 amide bonds. The van der Waals surface area contributed by atoms with E-state index in [1.807, 2.05) is 44.2 Å². The van der Waals surface area contributed by atoms with Crippen molar-refractivity contribution in [2.24, 2.45) is 0 Å². The van der Waals surface area contributed by atoms with Crippen LogP contribution in [0.25, 0.3) is 10.2 Å². The molecule has 1 fully saturated rings. The van der Waals surface area contributed by atoms with Crippen molar-refractivity contribution in [3.05, 3.63) is 59.2 Å². The normalized spacial score (nSPS) is 17.7. The Morgan fingerprint density at radius 3 is 2.65 bits per heavy atom. The number of anilines is 1. The Hall–Kier alpha value is -2.29. The van der Waals surface area contributed by atoms with Crippen molar-refractivity contribution >= 4 is 42.6 Å². The molecule has 0 aliphatic carbocycles. The fourth-order valence-corrected chi connectivity index (χ4v) is 6.47. The average Bonchev–Trinajstić information content (AvgIpc) is 3.16. The number of aryl methyl sites for hydroxylation is 2. The summed E-state index contributed by atoms with van der Waals surface area (Å²) in [5.41, 5.74) is 4.08. The predicted octanol–water partition coefficient (Wildman–Crippen LogP) is 4.26. The first-order chi connectivity index (χ1) is 14.7. The van der Waals surface area contributed by atoms with Gasteiger partial charge >= 0.3 is 0 Å². The molecule has 1 saturated heterocycles. The molecule has 0 saturated carbocycles. The zero-order chi connectivity index (χ0) is 22.2. The van der Waals surface area contributed by atoms with Crippen molar-refractivity contribution in [2.75, 3.05) is 17.7 Å². The van der Waals surface area contributed by atoms with Gasteiger partial charge in [0.2, 0.25) is 15.9 Å². The molecule has 0 spiro atoms. The molecule has 164 valence electrons. The third-order valence-electron chi connectivity index (χ3n) is 5.66. The first-order valence-electron chi connectivity index (χ1n) is 10.4. The minimum atomic E-state index is -3.48. The van der Waals surface area contributed by atoms with E-state index < -0.39 is 16.1 Å². The van der Waals surface area contributed by atoms with Gasteiger partial charge in [0.05, 0.1) is 23.0 Å².